The number of hydrogen-bond acceptors (Lipinski definition) is 6. The largest absolute Gasteiger partial charge is 0.444 e. The lowest BCUT2D eigenvalue weighted by Gasteiger charge is -2.37. The third-order valence-electron chi connectivity index (χ3n) is 7.09. The molecule has 1 saturated carbocycles. The van der Waals surface area contributed by atoms with Gasteiger partial charge in [0.05, 0.1) is 17.5 Å². The van der Waals surface area contributed by atoms with Crippen LogP contribution in [-0.2, 0) is 14.2 Å². The fraction of sp³-hybridized carbons (Fsp3) is 0.708. The third-order valence-corrected chi connectivity index (χ3v) is 7.39. The van der Waals surface area contributed by atoms with Gasteiger partial charge in [0.2, 0.25) is 0 Å². The molecule has 0 spiro atoms. The summed E-state index contributed by atoms with van der Waals surface area (Å²) in [7, 11) is 0. The van der Waals surface area contributed by atoms with Crippen LogP contribution in [0.4, 0.5) is 4.79 Å². The zero-order valence-electron chi connectivity index (χ0n) is 20.0. The van der Waals surface area contributed by atoms with Crippen LogP contribution in [0, 0.1) is 11.8 Å². The molecule has 5 rings (SSSR count). The maximum atomic E-state index is 12.5. The average molecular weight is 477 g/mol. The lowest BCUT2D eigenvalue weighted by molar-refractivity contribution is -0.163. The topological polar surface area (TPSA) is 78.7 Å². The Morgan fingerprint density at radius 2 is 1.88 bits per heavy atom. The molecule has 2 aliphatic heterocycles. The number of aromatic nitrogens is 3. The Morgan fingerprint density at radius 3 is 2.58 bits per heavy atom. The number of nitrogens with zero attached hydrogens (tertiary/aromatic N) is 4. The molecule has 0 aromatic carbocycles. The number of likely N-dealkylation sites (tertiary alicyclic amines) is 1. The van der Waals surface area contributed by atoms with Crippen molar-refractivity contribution in [3.8, 4) is 0 Å². The lowest BCUT2D eigenvalue weighted by Crippen LogP contribution is -2.44. The molecular formula is C24H33ClN4O4. The molecule has 180 valence electrons. The van der Waals surface area contributed by atoms with Crippen LogP contribution < -0.4 is 0 Å². The van der Waals surface area contributed by atoms with Crippen molar-refractivity contribution >= 4 is 28.7 Å². The first-order valence-corrected chi connectivity index (χ1v) is 12.2. The van der Waals surface area contributed by atoms with Crippen LogP contribution in [0.1, 0.15) is 59.9 Å². The highest BCUT2D eigenvalue weighted by Gasteiger charge is 2.56. The summed E-state index contributed by atoms with van der Waals surface area (Å²) in [5.74, 6) is 0.176. The van der Waals surface area contributed by atoms with Crippen LogP contribution in [-0.4, -0.2) is 62.2 Å². The molecule has 3 aliphatic rings. The minimum atomic E-state index is -0.626. The SMILES string of the molecule is CC(C)(C)OC(=O)N1CCC([C@H]2C[C@@H](n3ccc4c(Cl)ncnc43)[C@@H]3OC(C)(C)O[C@@H]32)CC1. The van der Waals surface area contributed by atoms with E-state index in [9.17, 15) is 4.79 Å². The van der Waals surface area contributed by atoms with E-state index in [1.807, 2.05) is 51.8 Å². The van der Waals surface area contributed by atoms with Crippen LogP contribution in [0.5, 0.6) is 0 Å². The first-order valence-electron chi connectivity index (χ1n) is 11.8. The number of ether oxygens (including phenoxy) is 3. The molecule has 33 heavy (non-hydrogen) atoms. The molecular weight excluding hydrogens is 444 g/mol. The third kappa shape index (κ3) is 4.33. The fourth-order valence-corrected chi connectivity index (χ4v) is 5.96. The number of amides is 1. The molecule has 1 aliphatic carbocycles. The van der Waals surface area contributed by atoms with Gasteiger partial charge in [-0.2, -0.15) is 0 Å². The van der Waals surface area contributed by atoms with Gasteiger partial charge in [-0.15, -0.1) is 0 Å². The van der Waals surface area contributed by atoms with E-state index in [0.29, 0.717) is 30.1 Å². The number of fused-ring (bicyclic) bond motifs is 2. The summed E-state index contributed by atoms with van der Waals surface area (Å²) in [6.07, 6.45) is 6.08. The van der Waals surface area contributed by atoms with Crippen molar-refractivity contribution in [2.24, 2.45) is 11.8 Å². The predicted molar refractivity (Wildman–Crippen MR) is 124 cm³/mol. The van der Waals surface area contributed by atoms with Crippen molar-refractivity contribution in [1.82, 2.24) is 19.4 Å². The first kappa shape index (κ1) is 22.9. The molecule has 2 saturated heterocycles. The van der Waals surface area contributed by atoms with E-state index in [0.717, 1.165) is 30.3 Å². The van der Waals surface area contributed by atoms with E-state index < -0.39 is 11.4 Å². The fourth-order valence-electron chi connectivity index (χ4n) is 5.77. The summed E-state index contributed by atoms with van der Waals surface area (Å²) in [4.78, 5) is 23.0. The quantitative estimate of drug-likeness (QED) is 0.578. The number of carbonyl (C=O) groups excluding carboxylic acids is 1. The summed E-state index contributed by atoms with van der Waals surface area (Å²) in [6.45, 7) is 11.1. The van der Waals surface area contributed by atoms with Gasteiger partial charge in [-0.1, -0.05) is 11.6 Å². The molecule has 8 nitrogen and oxygen atoms in total. The van der Waals surface area contributed by atoms with Gasteiger partial charge in [-0.3, -0.25) is 0 Å². The van der Waals surface area contributed by atoms with Crippen LogP contribution >= 0.6 is 11.6 Å². The molecule has 4 heterocycles. The summed E-state index contributed by atoms with van der Waals surface area (Å²) < 4.78 is 20.6. The molecule has 3 fully saturated rings. The maximum absolute atomic E-state index is 12.5. The second kappa shape index (κ2) is 8.10. The highest BCUT2D eigenvalue weighted by molar-refractivity contribution is 6.33. The van der Waals surface area contributed by atoms with Crippen molar-refractivity contribution in [2.45, 2.75) is 83.5 Å². The number of rotatable bonds is 2. The number of hydrogen-bond donors (Lipinski definition) is 0. The van der Waals surface area contributed by atoms with E-state index in [4.69, 9.17) is 25.8 Å². The van der Waals surface area contributed by atoms with E-state index in [1.54, 1.807) is 0 Å². The second-order valence-electron chi connectivity index (χ2n) is 11.0. The predicted octanol–water partition coefficient (Wildman–Crippen LogP) is 4.81. The normalized spacial score (nSPS) is 30.1. The highest BCUT2D eigenvalue weighted by atomic mass is 35.5. The number of carbonyl (C=O) groups is 1. The lowest BCUT2D eigenvalue weighted by atomic mass is 9.82. The van der Waals surface area contributed by atoms with Crippen LogP contribution in [0.25, 0.3) is 11.0 Å². The van der Waals surface area contributed by atoms with Crippen molar-refractivity contribution in [3.05, 3.63) is 23.7 Å². The average Bonchev–Trinajstić information content (AvgIpc) is 3.38. The minimum absolute atomic E-state index is 0.0119. The second-order valence-corrected chi connectivity index (χ2v) is 11.3. The summed E-state index contributed by atoms with van der Waals surface area (Å²) in [6, 6.07) is 2.08. The van der Waals surface area contributed by atoms with Gasteiger partial charge in [0, 0.05) is 19.3 Å². The molecule has 0 bridgehead atoms. The minimum Gasteiger partial charge on any atom is -0.444 e. The van der Waals surface area contributed by atoms with Gasteiger partial charge < -0.3 is 23.7 Å². The Kier molecular flexibility index (Phi) is 5.61. The van der Waals surface area contributed by atoms with E-state index in [2.05, 4.69) is 14.5 Å². The summed E-state index contributed by atoms with van der Waals surface area (Å²) in [5.41, 5.74) is 0.347. The molecule has 4 atom stereocenters. The smallest absolute Gasteiger partial charge is 0.410 e. The van der Waals surface area contributed by atoms with E-state index in [-0.39, 0.29) is 24.3 Å². The molecule has 0 unspecified atom stereocenters. The monoisotopic (exact) mass is 476 g/mol. The van der Waals surface area contributed by atoms with Gasteiger partial charge in [0.1, 0.15) is 28.8 Å². The Hall–Kier alpha value is -1.90. The summed E-state index contributed by atoms with van der Waals surface area (Å²) in [5, 5.41) is 1.31. The Bertz CT molecular complexity index is 1040. The van der Waals surface area contributed by atoms with Crippen LogP contribution in [0.15, 0.2) is 18.6 Å². The van der Waals surface area contributed by atoms with Gasteiger partial charge in [0.25, 0.3) is 0 Å². The standard InChI is InChI=1S/C24H33ClN4O4/c1-23(2,3)33-22(30)28-9-6-14(7-10-28)16-12-17(19-18(16)31-24(4,5)32-19)29-11-8-15-20(25)26-13-27-21(15)29/h8,11,13-14,16-19H,6-7,9-10,12H2,1-5H3/t16-,17-,18-,19+/m1/s1. The van der Waals surface area contributed by atoms with Gasteiger partial charge in [-0.25, -0.2) is 14.8 Å². The van der Waals surface area contributed by atoms with Crippen molar-refractivity contribution in [3.63, 3.8) is 0 Å². The molecule has 0 radical (unpaired) electrons. The Balaban J connectivity index is 1.35. The van der Waals surface area contributed by atoms with Gasteiger partial charge in [-0.05, 0) is 71.8 Å². The Morgan fingerprint density at radius 1 is 1.18 bits per heavy atom. The van der Waals surface area contributed by atoms with E-state index >= 15 is 0 Å². The molecule has 2 aromatic heterocycles. The molecule has 0 N–H and O–H groups in total. The van der Waals surface area contributed by atoms with Gasteiger partial charge in [0.15, 0.2) is 5.79 Å². The van der Waals surface area contributed by atoms with Crippen molar-refractivity contribution in [2.75, 3.05) is 13.1 Å². The first-order chi connectivity index (χ1) is 15.5. The van der Waals surface area contributed by atoms with Crippen LogP contribution in [0.2, 0.25) is 5.15 Å². The van der Waals surface area contributed by atoms with Crippen molar-refractivity contribution in [1.29, 1.82) is 0 Å². The number of piperidine rings is 1. The maximum Gasteiger partial charge on any atom is 0.410 e. The zero-order valence-corrected chi connectivity index (χ0v) is 20.7. The highest BCUT2D eigenvalue weighted by Crippen LogP contribution is 2.51. The molecule has 9 heteroatoms. The molecule has 2 aromatic rings. The molecule has 1 amide bonds. The van der Waals surface area contributed by atoms with Crippen molar-refractivity contribution < 1.29 is 19.0 Å². The number of halogens is 1. The summed E-state index contributed by atoms with van der Waals surface area (Å²) >= 11 is 6.30. The van der Waals surface area contributed by atoms with E-state index in [1.165, 1.54) is 6.33 Å². The Labute approximate surface area is 199 Å². The van der Waals surface area contributed by atoms with Gasteiger partial charge >= 0.3 is 6.09 Å². The van der Waals surface area contributed by atoms with Crippen LogP contribution in [0.3, 0.4) is 0 Å². The zero-order chi connectivity index (χ0) is 23.5.